The first-order chi connectivity index (χ1) is 12.0. The Morgan fingerprint density at radius 1 is 1.08 bits per heavy atom. The molecule has 2 rings (SSSR count). The molecule has 0 unspecified atom stereocenters. The topological polar surface area (TPSA) is 47.6 Å². The van der Waals surface area contributed by atoms with E-state index in [1.165, 1.54) is 11.1 Å². The van der Waals surface area contributed by atoms with Crippen LogP contribution in [-0.4, -0.2) is 26.2 Å². The van der Waals surface area contributed by atoms with Gasteiger partial charge in [-0.2, -0.15) is 0 Å². The monoisotopic (exact) mass is 341 g/mol. The first-order valence-corrected chi connectivity index (χ1v) is 8.62. The minimum atomic E-state index is -0.112. The fraction of sp³-hybridized carbons (Fsp3) is 0.381. The van der Waals surface area contributed by atoms with Gasteiger partial charge < -0.3 is 14.8 Å². The van der Waals surface area contributed by atoms with Crippen molar-refractivity contribution in [2.24, 2.45) is 0 Å². The van der Waals surface area contributed by atoms with Crippen molar-refractivity contribution in [3.8, 4) is 11.5 Å². The van der Waals surface area contributed by atoms with Crippen molar-refractivity contribution >= 4 is 5.91 Å². The number of hydrogen-bond acceptors (Lipinski definition) is 3. The summed E-state index contributed by atoms with van der Waals surface area (Å²) < 4.78 is 10.7. The Bertz CT molecular complexity index is 693. The molecule has 0 saturated carbocycles. The summed E-state index contributed by atoms with van der Waals surface area (Å²) in [6.07, 6.45) is 0.776. The SMILES string of the molecule is COc1ccc(CCNC(=O)COc2ccc(C(C)C)c(C)c2)cc1. The van der Waals surface area contributed by atoms with Crippen LogP contribution in [0.1, 0.15) is 36.5 Å². The lowest BCUT2D eigenvalue weighted by Gasteiger charge is -2.12. The summed E-state index contributed by atoms with van der Waals surface area (Å²) in [6.45, 7) is 7.01. The average molecular weight is 341 g/mol. The van der Waals surface area contributed by atoms with Gasteiger partial charge in [-0.15, -0.1) is 0 Å². The second-order valence-corrected chi connectivity index (χ2v) is 6.41. The standard InChI is InChI=1S/C21H27NO3/c1-15(2)20-10-9-19(13-16(20)3)25-14-21(23)22-12-11-17-5-7-18(24-4)8-6-17/h5-10,13,15H,11-12,14H2,1-4H3,(H,22,23). The Hall–Kier alpha value is -2.49. The third kappa shape index (κ3) is 5.82. The van der Waals surface area contributed by atoms with Crippen molar-refractivity contribution in [1.82, 2.24) is 5.32 Å². The molecule has 0 aromatic heterocycles. The molecular weight excluding hydrogens is 314 g/mol. The normalized spacial score (nSPS) is 10.6. The van der Waals surface area contributed by atoms with Crippen LogP contribution in [0, 0.1) is 6.92 Å². The van der Waals surface area contributed by atoms with Crippen molar-refractivity contribution < 1.29 is 14.3 Å². The molecule has 25 heavy (non-hydrogen) atoms. The van der Waals surface area contributed by atoms with Crippen LogP contribution in [0.2, 0.25) is 0 Å². The molecule has 0 radical (unpaired) electrons. The zero-order valence-electron chi connectivity index (χ0n) is 15.5. The molecule has 1 amide bonds. The molecule has 0 spiro atoms. The van der Waals surface area contributed by atoms with E-state index in [1.807, 2.05) is 36.4 Å². The summed E-state index contributed by atoms with van der Waals surface area (Å²) >= 11 is 0. The molecule has 0 aliphatic rings. The zero-order chi connectivity index (χ0) is 18.2. The van der Waals surface area contributed by atoms with Crippen LogP contribution in [0.5, 0.6) is 11.5 Å². The fourth-order valence-electron chi connectivity index (χ4n) is 2.72. The average Bonchev–Trinajstić information content (AvgIpc) is 2.60. The molecular formula is C21H27NO3. The lowest BCUT2D eigenvalue weighted by Crippen LogP contribution is -2.30. The number of carbonyl (C=O) groups excluding carboxylic acids is 1. The number of carbonyl (C=O) groups is 1. The number of ether oxygens (including phenoxy) is 2. The maximum atomic E-state index is 11.9. The van der Waals surface area contributed by atoms with Crippen molar-refractivity contribution in [2.75, 3.05) is 20.3 Å². The van der Waals surface area contributed by atoms with Gasteiger partial charge in [-0.1, -0.05) is 32.0 Å². The molecule has 134 valence electrons. The minimum absolute atomic E-state index is 0.0308. The van der Waals surface area contributed by atoms with Crippen molar-refractivity contribution in [2.45, 2.75) is 33.1 Å². The number of methoxy groups -OCH3 is 1. The molecule has 0 saturated heterocycles. The van der Waals surface area contributed by atoms with Gasteiger partial charge in [0.1, 0.15) is 11.5 Å². The maximum Gasteiger partial charge on any atom is 0.257 e. The van der Waals surface area contributed by atoms with Crippen molar-refractivity contribution in [3.63, 3.8) is 0 Å². The lowest BCUT2D eigenvalue weighted by molar-refractivity contribution is -0.123. The Morgan fingerprint density at radius 2 is 1.76 bits per heavy atom. The summed E-state index contributed by atoms with van der Waals surface area (Å²) in [5.41, 5.74) is 3.64. The molecule has 2 aromatic carbocycles. The van der Waals surface area contributed by atoms with E-state index in [2.05, 4.69) is 32.2 Å². The lowest BCUT2D eigenvalue weighted by atomic mass is 9.98. The van der Waals surface area contributed by atoms with E-state index in [4.69, 9.17) is 9.47 Å². The van der Waals surface area contributed by atoms with E-state index in [0.29, 0.717) is 12.5 Å². The maximum absolute atomic E-state index is 11.9. The summed E-state index contributed by atoms with van der Waals surface area (Å²) in [6, 6.07) is 13.8. The van der Waals surface area contributed by atoms with Crippen molar-refractivity contribution in [3.05, 3.63) is 59.2 Å². The molecule has 0 heterocycles. The first-order valence-electron chi connectivity index (χ1n) is 8.62. The second-order valence-electron chi connectivity index (χ2n) is 6.41. The number of aryl methyl sites for hydroxylation is 1. The Morgan fingerprint density at radius 3 is 2.36 bits per heavy atom. The van der Waals surface area contributed by atoms with Crippen LogP contribution in [0.3, 0.4) is 0 Å². The van der Waals surface area contributed by atoms with Gasteiger partial charge in [0.05, 0.1) is 7.11 Å². The molecule has 0 bridgehead atoms. The van der Waals surface area contributed by atoms with Gasteiger partial charge in [-0.3, -0.25) is 4.79 Å². The number of amides is 1. The van der Waals surface area contributed by atoms with Gasteiger partial charge in [0.15, 0.2) is 6.61 Å². The van der Waals surface area contributed by atoms with E-state index < -0.39 is 0 Å². The van der Waals surface area contributed by atoms with E-state index in [0.717, 1.165) is 23.5 Å². The summed E-state index contributed by atoms with van der Waals surface area (Å²) in [5.74, 6) is 1.93. The second kappa shape index (κ2) is 9.11. The van der Waals surface area contributed by atoms with Crippen LogP contribution in [0.15, 0.2) is 42.5 Å². The Kier molecular flexibility index (Phi) is 6.87. The van der Waals surface area contributed by atoms with Crippen LogP contribution in [0.4, 0.5) is 0 Å². The summed E-state index contributed by atoms with van der Waals surface area (Å²) in [5, 5.41) is 2.88. The van der Waals surface area contributed by atoms with Gasteiger partial charge >= 0.3 is 0 Å². The van der Waals surface area contributed by atoms with E-state index in [9.17, 15) is 4.79 Å². The van der Waals surface area contributed by atoms with Crippen LogP contribution >= 0.6 is 0 Å². The molecule has 4 heteroatoms. The zero-order valence-corrected chi connectivity index (χ0v) is 15.5. The van der Waals surface area contributed by atoms with Gasteiger partial charge in [0.25, 0.3) is 5.91 Å². The molecule has 2 aromatic rings. The summed E-state index contributed by atoms with van der Waals surface area (Å²) in [7, 11) is 1.65. The summed E-state index contributed by atoms with van der Waals surface area (Å²) in [4.78, 5) is 11.9. The highest BCUT2D eigenvalue weighted by Crippen LogP contribution is 2.23. The van der Waals surface area contributed by atoms with Gasteiger partial charge in [-0.25, -0.2) is 0 Å². The van der Waals surface area contributed by atoms with E-state index in [-0.39, 0.29) is 12.5 Å². The highest BCUT2D eigenvalue weighted by Gasteiger charge is 2.07. The van der Waals surface area contributed by atoms with Crippen molar-refractivity contribution in [1.29, 1.82) is 0 Å². The molecule has 0 atom stereocenters. The largest absolute Gasteiger partial charge is 0.497 e. The molecule has 4 nitrogen and oxygen atoms in total. The smallest absolute Gasteiger partial charge is 0.257 e. The first kappa shape index (κ1) is 18.8. The van der Waals surface area contributed by atoms with E-state index in [1.54, 1.807) is 7.11 Å². The van der Waals surface area contributed by atoms with Gasteiger partial charge in [0, 0.05) is 6.54 Å². The molecule has 0 aliphatic heterocycles. The van der Waals surface area contributed by atoms with E-state index >= 15 is 0 Å². The highest BCUT2D eigenvalue weighted by atomic mass is 16.5. The predicted octanol–water partition coefficient (Wildman–Crippen LogP) is 3.86. The van der Waals surface area contributed by atoms with Crippen LogP contribution in [0.25, 0.3) is 0 Å². The van der Waals surface area contributed by atoms with Gasteiger partial charge in [0.2, 0.25) is 0 Å². The molecule has 0 aliphatic carbocycles. The number of hydrogen-bond donors (Lipinski definition) is 1. The Labute approximate surface area is 150 Å². The fourth-order valence-corrected chi connectivity index (χ4v) is 2.72. The van der Waals surface area contributed by atoms with Crippen LogP contribution in [-0.2, 0) is 11.2 Å². The third-order valence-electron chi connectivity index (χ3n) is 4.13. The number of rotatable bonds is 8. The predicted molar refractivity (Wildman–Crippen MR) is 100 cm³/mol. The third-order valence-corrected chi connectivity index (χ3v) is 4.13. The highest BCUT2D eigenvalue weighted by molar-refractivity contribution is 5.77. The molecule has 0 fully saturated rings. The molecule has 1 N–H and O–H groups in total. The number of nitrogens with one attached hydrogen (secondary N) is 1. The van der Waals surface area contributed by atoms with Gasteiger partial charge in [-0.05, 0) is 60.2 Å². The number of benzene rings is 2. The van der Waals surface area contributed by atoms with Crippen LogP contribution < -0.4 is 14.8 Å². The Balaban J connectivity index is 1.74. The quantitative estimate of drug-likeness (QED) is 0.793. The minimum Gasteiger partial charge on any atom is -0.497 e.